The summed E-state index contributed by atoms with van der Waals surface area (Å²) in [4.78, 5) is 17.3. The van der Waals surface area contributed by atoms with Crippen LogP contribution in [0, 0.1) is 5.82 Å². The van der Waals surface area contributed by atoms with Gasteiger partial charge < -0.3 is 16.4 Å². The Morgan fingerprint density at radius 2 is 2.08 bits per heavy atom. The Kier molecular flexibility index (Phi) is 4.52. The molecule has 1 saturated carbocycles. The molecule has 9 heteroatoms. The van der Waals surface area contributed by atoms with Gasteiger partial charge in [-0.05, 0) is 37.5 Å². The van der Waals surface area contributed by atoms with Gasteiger partial charge in [0.25, 0.3) is 0 Å². The fourth-order valence-corrected chi connectivity index (χ4v) is 3.24. The van der Waals surface area contributed by atoms with Gasteiger partial charge in [-0.2, -0.15) is 0 Å². The summed E-state index contributed by atoms with van der Waals surface area (Å²) in [5, 5.41) is 6.45. The van der Waals surface area contributed by atoms with Crippen molar-refractivity contribution in [2.45, 2.75) is 31.3 Å². The standard InChI is InChI=1S/C17H17ClFN7/c18-12-6-11(3-4-13(12)19)24-16-15-14(22-8-23-16)7-21-17(26-15)25-10-2-1-9(20)5-10/h3-4,6-10H,1-2,5,20H2,(H,21,25,26)(H,22,23,24). The highest BCUT2D eigenvalue weighted by atomic mass is 35.5. The van der Waals surface area contributed by atoms with Crippen LogP contribution in [0.1, 0.15) is 19.3 Å². The van der Waals surface area contributed by atoms with Crippen molar-refractivity contribution in [3.63, 3.8) is 0 Å². The average molecular weight is 374 g/mol. The normalized spacial score (nSPS) is 19.7. The van der Waals surface area contributed by atoms with E-state index in [0.717, 1.165) is 19.3 Å². The van der Waals surface area contributed by atoms with Gasteiger partial charge in [0.2, 0.25) is 5.95 Å². The van der Waals surface area contributed by atoms with Crippen LogP contribution in [-0.2, 0) is 0 Å². The van der Waals surface area contributed by atoms with Gasteiger partial charge in [0.05, 0.1) is 11.2 Å². The number of nitrogens with two attached hydrogens (primary N) is 1. The zero-order chi connectivity index (χ0) is 18.1. The lowest BCUT2D eigenvalue weighted by atomic mass is 10.2. The van der Waals surface area contributed by atoms with E-state index >= 15 is 0 Å². The third-order valence-electron chi connectivity index (χ3n) is 4.37. The van der Waals surface area contributed by atoms with Gasteiger partial charge in [0.15, 0.2) is 5.82 Å². The molecule has 1 aliphatic carbocycles. The van der Waals surface area contributed by atoms with Gasteiger partial charge in [-0.25, -0.2) is 24.3 Å². The van der Waals surface area contributed by atoms with Crippen LogP contribution in [0.3, 0.4) is 0 Å². The van der Waals surface area contributed by atoms with E-state index in [0.29, 0.717) is 28.5 Å². The van der Waals surface area contributed by atoms with Crippen LogP contribution >= 0.6 is 11.6 Å². The number of benzene rings is 1. The van der Waals surface area contributed by atoms with Crippen LogP contribution < -0.4 is 16.4 Å². The summed E-state index contributed by atoms with van der Waals surface area (Å²) in [6.45, 7) is 0. The van der Waals surface area contributed by atoms with Gasteiger partial charge in [0.1, 0.15) is 23.2 Å². The van der Waals surface area contributed by atoms with E-state index in [1.807, 2.05) is 0 Å². The molecule has 2 unspecified atom stereocenters. The van der Waals surface area contributed by atoms with Crippen LogP contribution in [0.5, 0.6) is 0 Å². The zero-order valence-corrected chi connectivity index (χ0v) is 14.5. The molecule has 134 valence electrons. The molecule has 1 fully saturated rings. The quantitative estimate of drug-likeness (QED) is 0.645. The van der Waals surface area contributed by atoms with Gasteiger partial charge in [-0.15, -0.1) is 0 Å². The lowest BCUT2D eigenvalue weighted by Gasteiger charge is -2.13. The van der Waals surface area contributed by atoms with Crippen molar-refractivity contribution in [3.8, 4) is 0 Å². The van der Waals surface area contributed by atoms with Crippen molar-refractivity contribution >= 4 is 40.1 Å². The summed E-state index contributed by atoms with van der Waals surface area (Å²) in [5.41, 5.74) is 7.72. The fraction of sp³-hybridized carbons (Fsp3) is 0.294. The largest absolute Gasteiger partial charge is 0.351 e. The summed E-state index contributed by atoms with van der Waals surface area (Å²) in [5.74, 6) is 0.520. The van der Waals surface area contributed by atoms with E-state index in [2.05, 4.69) is 30.6 Å². The van der Waals surface area contributed by atoms with Gasteiger partial charge in [0, 0.05) is 17.8 Å². The molecule has 2 heterocycles. The number of halogens is 2. The molecule has 0 bridgehead atoms. The van der Waals surface area contributed by atoms with Crippen LogP contribution in [0.25, 0.3) is 11.0 Å². The Labute approximate surface area is 154 Å². The Bertz CT molecular complexity index is 952. The number of nitrogens with zero attached hydrogens (tertiary/aromatic N) is 4. The summed E-state index contributed by atoms with van der Waals surface area (Å²) >= 11 is 5.84. The average Bonchev–Trinajstić information content (AvgIpc) is 3.03. The van der Waals surface area contributed by atoms with Crippen molar-refractivity contribution in [1.82, 2.24) is 19.9 Å². The molecule has 1 aliphatic rings. The van der Waals surface area contributed by atoms with Crippen molar-refractivity contribution in [3.05, 3.63) is 41.6 Å². The Morgan fingerprint density at radius 3 is 2.85 bits per heavy atom. The number of fused-ring (bicyclic) bond motifs is 1. The van der Waals surface area contributed by atoms with E-state index in [1.54, 1.807) is 12.3 Å². The second-order valence-corrected chi connectivity index (χ2v) is 6.73. The molecule has 7 nitrogen and oxygen atoms in total. The minimum atomic E-state index is -0.478. The molecule has 0 saturated heterocycles. The lowest BCUT2D eigenvalue weighted by Crippen LogP contribution is -2.21. The molecule has 0 spiro atoms. The molecule has 4 rings (SSSR count). The second kappa shape index (κ2) is 6.97. The van der Waals surface area contributed by atoms with Crippen molar-refractivity contribution in [2.75, 3.05) is 10.6 Å². The highest BCUT2D eigenvalue weighted by Gasteiger charge is 2.22. The predicted octanol–water partition coefficient (Wildman–Crippen LogP) is 3.25. The highest BCUT2D eigenvalue weighted by Crippen LogP contribution is 2.26. The van der Waals surface area contributed by atoms with Gasteiger partial charge in [-0.3, -0.25) is 0 Å². The van der Waals surface area contributed by atoms with E-state index in [-0.39, 0.29) is 17.1 Å². The highest BCUT2D eigenvalue weighted by molar-refractivity contribution is 6.31. The number of hydrogen-bond donors (Lipinski definition) is 3. The fourth-order valence-electron chi connectivity index (χ4n) is 3.06. The van der Waals surface area contributed by atoms with Gasteiger partial charge in [-0.1, -0.05) is 11.6 Å². The summed E-state index contributed by atoms with van der Waals surface area (Å²) in [6.07, 6.45) is 5.94. The van der Waals surface area contributed by atoms with Crippen LogP contribution in [0.2, 0.25) is 5.02 Å². The topological polar surface area (TPSA) is 102 Å². The molecule has 0 aliphatic heterocycles. The lowest BCUT2D eigenvalue weighted by molar-refractivity contribution is 0.628. The van der Waals surface area contributed by atoms with Gasteiger partial charge >= 0.3 is 0 Å². The van der Waals surface area contributed by atoms with Crippen molar-refractivity contribution in [1.29, 1.82) is 0 Å². The second-order valence-electron chi connectivity index (χ2n) is 6.32. The summed E-state index contributed by atoms with van der Waals surface area (Å²) in [7, 11) is 0. The molecule has 0 amide bonds. The molecule has 26 heavy (non-hydrogen) atoms. The first kappa shape index (κ1) is 16.9. The predicted molar refractivity (Wildman–Crippen MR) is 99.1 cm³/mol. The monoisotopic (exact) mass is 373 g/mol. The van der Waals surface area contributed by atoms with Crippen molar-refractivity contribution in [2.24, 2.45) is 5.73 Å². The Balaban J connectivity index is 1.63. The minimum Gasteiger partial charge on any atom is -0.351 e. The first-order valence-corrected chi connectivity index (χ1v) is 8.68. The molecule has 1 aromatic carbocycles. The molecular formula is C17H17ClFN7. The number of anilines is 3. The van der Waals surface area contributed by atoms with Crippen LogP contribution in [-0.4, -0.2) is 32.0 Å². The Morgan fingerprint density at radius 1 is 1.19 bits per heavy atom. The van der Waals surface area contributed by atoms with E-state index < -0.39 is 5.82 Å². The minimum absolute atomic E-state index is 0.0305. The smallest absolute Gasteiger partial charge is 0.223 e. The number of rotatable bonds is 4. The van der Waals surface area contributed by atoms with Crippen LogP contribution in [0.15, 0.2) is 30.7 Å². The third kappa shape index (κ3) is 3.51. The Hall–Kier alpha value is -2.58. The van der Waals surface area contributed by atoms with E-state index in [1.165, 1.54) is 18.5 Å². The zero-order valence-electron chi connectivity index (χ0n) is 13.8. The van der Waals surface area contributed by atoms with E-state index in [4.69, 9.17) is 17.3 Å². The summed E-state index contributed by atoms with van der Waals surface area (Å²) in [6, 6.07) is 4.84. The third-order valence-corrected chi connectivity index (χ3v) is 4.66. The number of nitrogens with one attached hydrogen (secondary N) is 2. The maximum atomic E-state index is 13.3. The first-order valence-electron chi connectivity index (χ1n) is 8.30. The molecule has 4 N–H and O–H groups in total. The first-order chi connectivity index (χ1) is 12.6. The molecule has 3 aromatic rings. The maximum absolute atomic E-state index is 13.3. The van der Waals surface area contributed by atoms with Crippen molar-refractivity contribution < 1.29 is 4.39 Å². The van der Waals surface area contributed by atoms with Crippen LogP contribution in [0.4, 0.5) is 21.8 Å². The number of hydrogen-bond acceptors (Lipinski definition) is 7. The SMILES string of the molecule is NC1CCC(Nc2ncc3ncnc(Nc4ccc(F)c(Cl)c4)c3n2)C1. The molecule has 2 atom stereocenters. The maximum Gasteiger partial charge on any atom is 0.223 e. The molecule has 2 aromatic heterocycles. The molecule has 0 radical (unpaired) electrons. The number of aromatic nitrogens is 4. The summed E-state index contributed by atoms with van der Waals surface area (Å²) < 4.78 is 13.3. The van der Waals surface area contributed by atoms with E-state index in [9.17, 15) is 4.39 Å². The molecular weight excluding hydrogens is 357 g/mol.